The van der Waals surface area contributed by atoms with Gasteiger partial charge in [0.25, 0.3) is 0 Å². The van der Waals surface area contributed by atoms with E-state index in [1.807, 2.05) is 6.92 Å². The Kier molecular flexibility index (Phi) is 7.41. The third kappa shape index (κ3) is 4.62. The maximum absolute atomic E-state index is 13.4. The monoisotopic (exact) mass is 471 g/mol. The maximum atomic E-state index is 13.4. The van der Waals surface area contributed by atoms with E-state index in [0.717, 1.165) is 11.8 Å². The topological polar surface area (TPSA) is 74.7 Å². The van der Waals surface area contributed by atoms with Gasteiger partial charge in [0.05, 0.1) is 25.9 Å². The van der Waals surface area contributed by atoms with Crippen LogP contribution < -0.4 is 14.2 Å². The van der Waals surface area contributed by atoms with Crippen LogP contribution in [-0.4, -0.2) is 42.7 Å². The van der Waals surface area contributed by atoms with Gasteiger partial charge in [0.2, 0.25) is 11.7 Å². The Labute approximate surface area is 183 Å². The minimum Gasteiger partial charge on any atom is -0.497 e. The third-order valence-corrected chi connectivity index (χ3v) is 5.03. The van der Waals surface area contributed by atoms with Crippen molar-refractivity contribution in [2.24, 2.45) is 0 Å². The Morgan fingerprint density at radius 3 is 2.63 bits per heavy atom. The molecule has 0 aliphatic heterocycles. The fourth-order valence-electron chi connectivity index (χ4n) is 3.07. The van der Waals surface area contributed by atoms with Crippen molar-refractivity contribution in [2.45, 2.75) is 13.3 Å². The Morgan fingerprint density at radius 1 is 1.10 bits per heavy atom. The molecule has 0 spiro atoms. The Hall–Kier alpha value is -2.93. The van der Waals surface area contributed by atoms with Crippen molar-refractivity contribution in [3.8, 4) is 17.4 Å². The van der Waals surface area contributed by atoms with Crippen LogP contribution in [0.4, 0.5) is 0 Å². The molecule has 0 aliphatic carbocycles. The normalized spacial score (nSPS) is 10.6. The number of carbonyl (C=O) groups is 2. The van der Waals surface area contributed by atoms with Crippen molar-refractivity contribution in [3.05, 3.63) is 59.3 Å². The predicted octanol–water partition coefficient (Wildman–Crippen LogP) is 4.85. The summed E-state index contributed by atoms with van der Waals surface area (Å²) in [4.78, 5) is 29.7. The van der Waals surface area contributed by atoms with Crippen LogP contribution in [-0.2, 0) is 0 Å². The summed E-state index contributed by atoms with van der Waals surface area (Å²) in [5, 5.41) is 1.86. The molecule has 156 valence electrons. The molecule has 0 aliphatic rings. The van der Waals surface area contributed by atoms with Gasteiger partial charge in [0.15, 0.2) is 6.29 Å². The zero-order chi connectivity index (χ0) is 21.5. The Morgan fingerprint density at radius 2 is 1.93 bits per heavy atom. The van der Waals surface area contributed by atoms with E-state index in [2.05, 4.69) is 20.9 Å². The number of rotatable bonds is 10. The summed E-state index contributed by atoms with van der Waals surface area (Å²) in [6.45, 7) is 2.74. The van der Waals surface area contributed by atoms with Crippen molar-refractivity contribution >= 4 is 38.8 Å². The zero-order valence-corrected chi connectivity index (χ0v) is 18.4. The molecule has 0 unspecified atom stereocenters. The van der Waals surface area contributed by atoms with Crippen molar-refractivity contribution in [1.29, 1.82) is 0 Å². The number of pyridine rings is 1. The first-order valence-electron chi connectivity index (χ1n) is 9.56. The molecule has 3 aromatic rings. The Bertz CT molecular complexity index is 1070. The number of halogens is 1. The van der Waals surface area contributed by atoms with E-state index in [-0.39, 0.29) is 17.4 Å². The summed E-state index contributed by atoms with van der Waals surface area (Å²) in [6.07, 6.45) is 1.44. The van der Waals surface area contributed by atoms with Gasteiger partial charge in [0.1, 0.15) is 17.2 Å². The molecule has 1 heterocycles. The highest BCUT2D eigenvalue weighted by atomic mass is 79.9. The minimum atomic E-state index is -0.294. The van der Waals surface area contributed by atoms with Gasteiger partial charge >= 0.3 is 0 Å². The van der Waals surface area contributed by atoms with Gasteiger partial charge in [-0.25, -0.2) is 4.98 Å². The molecule has 0 amide bonds. The number of alkyl halides is 1. The van der Waals surface area contributed by atoms with Gasteiger partial charge < -0.3 is 14.2 Å². The lowest BCUT2D eigenvalue weighted by atomic mass is 9.99. The van der Waals surface area contributed by atoms with Gasteiger partial charge in [-0.3, -0.25) is 9.59 Å². The molecule has 0 N–H and O–H groups in total. The highest BCUT2D eigenvalue weighted by molar-refractivity contribution is 9.09. The standard InChI is InChI=1S/C23H22BrNO5/c1-3-29-17-7-4-6-15(12-17)22(27)21-19-13-16(28-2)8-9-18(19)20(14-26)23(25-21)30-11-5-10-24/h4,6-9,12-14H,3,5,10-11H2,1-2H3. The number of ketones is 1. The number of hydrogen-bond donors (Lipinski definition) is 0. The third-order valence-electron chi connectivity index (χ3n) is 4.47. The average molecular weight is 472 g/mol. The summed E-state index contributed by atoms with van der Waals surface area (Å²) >= 11 is 3.35. The van der Waals surface area contributed by atoms with Crippen molar-refractivity contribution < 1.29 is 23.8 Å². The Balaban J connectivity index is 2.18. The van der Waals surface area contributed by atoms with Crippen LogP contribution in [0.5, 0.6) is 17.4 Å². The summed E-state index contributed by atoms with van der Waals surface area (Å²) in [7, 11) is 1.54. The highest BCUT2D eigenvalue weighted by Crippen LogP contribution is 2.32. The number of aromatic nitrogens is 1. The van der Waals surface area contributed by atoms with Crippen LogP contribution in [0.3, 0.4) is 0 Å². The fourth-order valence-corrected chi connectivity index (χ4v) is 3.30. The van der Waals surface area contributed by atoms with Crippen molar-refractivity contribution in [3.63, 3.8) is 0 Å². The average Bonchev–Trinajstić information content (AvgIpc) is 2.78. The first-order chi connectivity index (χ1) is 14.6. The van der Waals surface area contributed by atoms with Crippen LogP contribution in [0.25, 0.3) is 10.8 Å². The molecule has 0 atom stereocenters. The van der Waals surface area contributed by atoms with E-state index in [4.69, 9.17) is 14.2 Å². The van der Waals surface area contributed by atoms with Crippen LogP contribution in [0.15, 0.2) is 42.5 Å². The van der Waals surface area contributed by atoms with E-state index in [1.165, 1.54) is 0 Å². The second-order valence-corrected chi connectivity index (χ2v) is 7.18. The number of carbonyl (C=O) groups excluding carboxylic acids is 2. The molecule has 0 radical (unpaired) electrons. The highest BCUT2D eigenvalue weighted by Gasteiger charge is 2.21. The van der Waals surface area contributed by atoms with Crippen molar-refractivity contribution in [1.82, 2.24) is 4.98 Å². The van der Waals surface area contributed by atoms with Gasteiger partial charge in [0, 0.05) is 21.7 Å². The molecule has 3 rings (SSSR count). The molecule has 0 bridgehead atoms. The number of methoxy groups -OCH3 is 1. The summed E-state index contributed by atoms with van der Waals surface area (Å²) < 4.78 is 16.6. The minimum absolute atomic E-state index is 0.146. The SMILES string of the molecule is CCOc1cccc(C(=O)c2nc(OCCCBr)c(C=O)c3ccc(OC)cc23)c1. The lowest BCUT2D eigenvalue weighted by Gasteiger charge is -2.14. The molecule has 7 heteroatoms. The summed E-state index contributed by atoms with van der Waals surface area (Å²) in [6, 6.07) is 12.1. The molecule has 0 saturated heterocycles. The van der Waals surface area contributed by atoms with Crippen LogP contribution in [0.1, 0.15) is 39.8 Å². The van der Waals surface area contributed by atoms with E-state index >= 15 is 0 Å². The largest absolute Gasteiger partial charge is 0.497 e. The lowest BCUT2D eigenvalue weighted by molar-refractivity contribution is 0.103. The molecular formula is C23H22BrNO5. The van der Waals surface area contributed by atoms with Crippen LogP contribution in [0.2, 0.25) is 0 Å². The van der Waals surface area contributed by atoms with Gasteiger partial charge in [-0.15, -0.1) is 0 Å². The summed E-state index contributed by atoms with van der Waals surface area (Å²) in [5.74, 6) is 1.01. The van der Waals surface area contributed by atoms with E-state index < -0.39 is 0 Å². The predicted molar refractivity (Wildman–Crippen MR) is 119 cm³/mol. The molecule has 1 aromatic heterocycles. The fraction of sp³-hybridized carbons (Fsp3) is 0.261. The summed E-state index contributed by atoms with van der Waals surface area (Å²) in [5.41, 5.74) is 0.932. The van der Waals surface area contributed by atoms with E-state index in [9.17, 15) is 9.59 Å². The van der Waals surface area contributed by atoms with Crippen LogP contribution in [0, 0.1) is 0 Å². The maximum Gasteiger partial charge on any atom is 0.225 e. The number of hydrogen-bond acceptors (Lipinski definition) is 6. The molecule has 2 aromatic carbocycles. The van der Waals surface area contributed by atoms with Gasteiger partial charge in [-0.2, -0.15) is 0 Å². The van der Waals surface area contributed by atoms with Crippen molar-refractivity contribution in [2.75, 3.05) is 25.7 Å². The number of benzene rings is 2. The van der Waals surface area contributed by atoms with Crippen LogP contribution >= 0.6 is 15.9 Å². The molecule has 0 saturated carbocycles. The molecule has 0 fully saturated rings. The second-order valence-electron chi connectivity index (χ2n) is 6.39. The quantitative estimate of drug-likeness (QED) is 0.182. The number of aldehydes is 1. The number of nitrogens with zero attached hydrogens (tertiary/aromatic N) is 1. The molecule has 6 nitrogen and oxygen atoms in total. The number of fused-ring (bicyclic) bond motifs is 1. The van der Waals surface area contributed by atoms with Gasteiger partial charge in [-0.05, 0) is 43.7 Å². The zero-order valence-electron chi connectivity index (χ0n) is 16.8. The van der Waals surface area contributed by atoms with Gasteiger partial charge in [-0.1, -0.05) is 28.1 Å². The lowest BCUT2D eigenvalue weighted by Crippen LogP contribution is -2.10. The molecule has 30 heavy (non-hydrogen) atoms. The smallest absolute Gasteiger partial charge is 0.225 e. The molecular weight excluding hydrogens is 450 g/mol. The van der Waals surface area contributed by atoms with E-state index in [1.54, 1.807) is 49.6 Å². The first kappa shape index (κ1) is 21.8. The second kappa shape index (κ2) is 10.2. The number of ether oxygens (including phenoxy) is 3. The van der Waals surface area contributed by atoms with E-state index in [0.29, 0.717) is 52.9 Å². The first-order valence-corrected chi connectivity index (χ1v) is 10.7.